The van der Waals surface area contributed by atoms with Gasteiger partial charge in [0.1, 0.15) is 30.5 Å². The van der Waals surface area contributed by atoms with E-state index in [9.17, 15) is 40.5 Å². The van der Waals surface area contributed by atoms with Gasteiger partial charge in [-0.3, -0.25) is 4.79 Å². The molecule has 0 bridgehead atoms. The van der Waals surface area contributed by atoms with Crippen LogP contribution < -0.4 is 5.48 Å². The first-order chi connectivity index (χ1) is 10.6. The fourth-order valence-electron chi connectivity index (χ4n) is 1.77. The normalized spacial score (nSPS) is 22.5. The van der Waals surface area contributed by atoms with Crippen LogP contribution in [0.1, 0.15) is 6.92 Å². The van der Waals surface area contributed by atoms with Crippen LogP contribution in [0.25, 0.3) is 0 Å². The maximum absolute atomic E-state index is 11.7. The summed E-state index contributed by atoms with van der Waals surface area (Å²) in [5, 5.41) is 84.1. The molecule has 0 aromatic carbocycles. The van der Waals surface area contributed by atoms with Gasteiger partial charge in [0.05, 0.1) is 12.2 Å². The lowest BCUT2D eigenvalue weighted by molar-refractivity contribution is -0.164. The number of aliphatic hydroxyl groups excluding tert-OH is 8. The molecule has 0 heterocycles. The summed E-state index contributed by atoms with van der Waals surface area (Å²) in [6.07, 6.45) is -14.4. The summed E-state index contributed by atoms with van der Waals surface area (Å²) in [6.45, 7) is 0.224. The van der Waals surface area contributed by atoms with Gasteiger partial charge in [0, 0.05) is 19.1 Å². The molecule has 0 radical (unpaired) electrons. The number of Topliss-reactive ketones (excluding diaryl/α,β-unsaturated/α-hetero) is 1. The topological polar surface area (TPSA) is 211 Å². The molecule has 0 fully saturated rings. The van der Waals surface area contributed by atoms with Crippen LogP contribution in [0.2, 0.25) is 0 Å². The zero-order chi connectivity index (χ0) is 18.3. The Labute approximate surface area is 132 Å². The fourth-order valence-corrected chi connectivity index (χ4v) is 1.77. The van der Waals surface area contributed by atoms with Crippen molar-refractivity contribution in [2.45, 2.75) is 49.7 Å². The minimum absolute atomic E-state index is 0.531. The number of hydroxylamine groups is 1. The Balaban J connectivity index is 4.86. The predicted octanol–water partition coefficient (Wildman–Crippen LogP) is -5.31. The molecule has 0 aromatic heterocycles. The van der Waals surface area contributed by atoms with Crippen molar-refractivity contribution < 1.29 is 50.9 Å². The number of aliphatic hydroxyl groups is 8. The van der Waals surface area contributed by atoms with Gasteiger partial charge in [0.2, 0.25) is 0 Å². The summed E-state index contributed by atoms with van der Waals surface area (Å²) in [6, 6.07) is 0. The van der Waals surface area contributed by atoms with Gasteiger partial charge in [-0.2, -0.15) is 0 Å². The molecule has 0 aliphatic heterocycles. The molecule has 0 aliphatic rings. The molecule has 11 heteroatoms. The first-order valence-electron chi connectivity index (χ1n) is 6.88. The average Bonchev–Trinajstić information content (AvgIpc) is 2.56. The van der Waals surface area contributed by atoms with E-state index in [1.54, 1.807) is 0 Å². The summed E-state index contributed by atoms with van der Waals surface area (Å²) in [5.41, 5.74) is 1.51. The van der Waals surface area contributed by atoms with Gasteiger partial charge in [0.15, 0.2) is 5.78 Å². The van der Waals surface area contributed by atoms with Crippen molar-refractivity contribution in [2.24, 2.45) is 5.92 Å². The van der Waals surface area contributed by atoms with Crippen LogP contribution in [-0.4, -0.2) is 108 Å². The van der Waals surface area contributed by atoms with E-state index in [1.165, 1.54) is 12.4 Å². The van der Waals surface area contributed by atoms with E-state index >= 15 is 0 Å². The van der Waals surface area contributed by atoms with Crippen molar-refractivity contribution in [2.75, 3.05) is 13.2 Å². The summed E-state index contributed by atoms with van der Waals surface area (Å²) < 4.78 is 0. The Kier molecular flexibility index (Phi) is 9.88. The minimum Gasteiger partial charge on any atom is -0.396 e. The van der Waals surface area contributed by atoms with Gasteiger partial charge >= 0.3 is 0 Å². The molecule has 0 aliphatic carbocycles. The van der Waals surface area contributed by atoms with Crippen molar-refractivity contribution in [3.05, 3.63) is 0 Å². The van der Waals surface area contributed by atoms with Gasteiger partial charge in [-0.05, 0) is 0 Å². The zero-order valence-corrected chi connectivity index (χ0v) is 12.5. The van der Waals surface area contributed by atoms with Crippen LogP contribution in [0, 0.1) is 5.92 Å². The van der Waals surface area contributed by atoms with Gasteiger partial charge in [-0.25, -0.2) is 5.48 Å². The average molecular weight is 343 g/mol. The van der Waals surface area contributed by atoms with Gasteiger partial charge in [-0.15, -0.1) is 0 Å². The number of nitrogens with one attached hydrogen (secondary N) is 1. The lowest BCUT2D eigenvalue weighted by Gasteiger charge is -2.30. The van der Waals surface area contributed by atoms with Crippen LogP contribution in [-0.2, 0) is 4.79 Å². The molecule has 11 nitrogen and oxygen atoms in total. The van der Waals surface area contributed by atoms with Crippen molar-refractivity contribution in [3.63, 3.8) is 0 Å². The molecule has 0 spiro atoms. The smallest absolute Gasteiger partial charge is 0.195 e. The van der Waals surface area contributed by atoms with Crippen LogP contribution in [0.15, 0.2) is 0 Å². The van der Waals surface area contributed by atoms with Crippen molar-refractivity contribution >= 4 is 5.78 Å². The summed E-state index contributed by atoms with van der Waals surface area (Å²) >= 11 is 0. The molecule has 8 atom stereocenters. The Hall–Kier alpha value is -0.730. The molecule has 23 heavy (non-hydrogen) atoms. The van der Waals surface area contributed by atoms with Crippen LogP contribution in [0.4, 0.5) is 0 Å². The van der Waals surface area contributed by atoms with E-state index in [-0.39, 0.29) is 0 Å². The predicted molar refractivity (Wildman–Crippen MR) is 73.1 cm³/mol. The highest BCUT2D eigenvalue weighted by Crippen LogP contribution is 2.15. The largest absolute Gasteiger partial charge is 0.396 e. The molecule has 0 aromatic rings. The summed E-state index contributed by atoms with van der Waals surface area (Å²) in [7, 11) is 0. The van der Waals surface area contributed by atoms with E-state index in [4.69, 9.17) is 10.3 Å². The third-order valence-corrected chi connectivity index (χ3v) is 3.50. The third-order valence-electron chi connectivity index (χ3n) is 3.50. The van der Waals surface area contributed by atoms with E-state index < -0.39 is 67.6 Å². The third kappa shape index (κ3) is 6.00. The molecule has 0 saturated carbocycles. The number of hydrogen-bond acceptors (Lipinski definition) is 11. The molecule has 138 valence electrons. The second kappa shape index (κ2) is 10.2. The van der Waals surface area contributed by atoms with Crippen LogP contribution in [0.3, 0.4) is 0 Å². The number of carbonyl (C=O) groups is 1. The highest BCUT2D eigenvalue weighted by Gasteiger charge is 2.41. The summed E-state index contributed by atoms with van der Waals surface area (Å²) in [5.74, 6) is -2.38. The monoisotopic (exact) mass is 343 g/mol. The number of ketones is 1. The fraction of sp³-hybridized carbons (Fsp3) is 0.917. The molecule has 10 N–H and O–H groups in total. The SMILES string of the molecule is CC(CO)C(O)C(O)C(O)C(O)C(=O)C(O)C(O)C(O)CNO. The van der Waals surface area contributed by atoms with E-state index in [0.717, 1.165) is 0 Å². The second-order valence-corrected chi connectivity index (χ2v) is 5.34. The van der Waals surface area contributed by atoms with E-state index in [1.807, 2.05) is 0 Å². The lowest BCUT2D eigenvalue weighted by atomic mass is 9.90. The van der Waals surface area contributed by atoms with Gasteiger partial charge < -0.3 is 46.1 Å². The Morgan fingerprint density at radius 2 is 1.35 bits per heavy atom. The second-order valence-electron chi connectivity index (χ2n) is 5.34. The Morgan fingerprint density at radius 1 is 0.870 bits per heavy atom. The number of hydrogen-bond donors (Lipinski definition) is 10. The minimum atomic E-state index is -2.37. The molecular formula is C12H25NO10. The van der Waals surface area contributed by atoms with Crippen LogP contribution in [0.5, 0.6) is 0 Å². The van der Waals surface area contributed by atoms with Crippen molar-refractivity contribution in [1.29, 1.82) is 0 Å². The van der Waals surface area contributed by atoms with Gasteiger partial charge in [0.25, 0.3) is 0 Å². The molecule has 0 amide bonds. The lowest BCUT2D eigenvalue weighted by Crippen LogP contribution is -2.55. The quantitative estimate of drug-likeness (QED) is 0.160. The highest BCUT2D eigenvalue weighted by molar-refractivity contribution is 5.88. The highest BCUT2D eigenvalue weighted by atomic mass is 16.5. The van der Waals surface area contributed by atoms with Crippen molar-refractivity contribution in [3.8, 4) is 0 Å². The number of rotatable bonds is 11. The Bertz CT molecular complexity index is 357. The first kappa shape index (κ1) is 22.3. The van der Waals surface area contributed by atoms with Gasteiger partial charge in [-0.1, -0.05) is 6.92 Å². The molecule has 0 rings (SSSR count). The molecule has 8 unspecified atom stereocenters. The first-order valence-corrected chi connectivity index (χ1v) is 6.88. The number of carbonyl (C=O) groups excluding carboxylic acids is 1. The maximum atomic E-state index is 11.7. The molecule has 0 saturated heterocycles. The van der Waals surface area contributed by atoms with Crippen LogP contribution >= 0.6 is 0 Å². The maximum Gasteiger partial charge on any atom is 0.195 e. The molecular weight excluding hydrogens is 318 g/mol. The van der Waals surface area contributed by atoms with E-state index in [2.05, 4.69) is 0 Å². The summed E-state index contributed by atoms with van der Waals surface area (Å²) in [4.78, 5) is 11.7. The zero-order valence-electron chi connectivity index (χ0n) is 12.5. The van der Waals surface area contributed by atoms with E-state index in [0.29, 0.717) is 0 Å². The van der Waals surface area contributed by atoms with Crippen molar-refractivity contribution in [1.82, 2.24) is 5.48 Å². The Morgan fingerprint density at radius 3 is 1.78 bits per heavy atom. The standard InChI is InChI=1S/C12H25NO10/c1-4(3-14)6(16)8(18)10(20)12(22)11(21)9(19)7(17)5(15)2-13-23/h4-10,12-20,22-23H,2-3H2,1H3.